The Morgan fingerprint density at radius 2 is 2.00 bits per heavy atom. The number of anilines is 2. The Kier molecular flexibility index (Phi) is 6.03. The first-order chi connectivity index (χ1) is 16.7. The Morgan fingerprint density at radius 3 is 2.66 bits per heavy atom. The van der Waals surface area contributed by atoms with Crippen LogP contribution in [0.1, 0.15) is 21.6 Å². The maximum atomic E-state index is 13.2. The monoisotopic (exact) mass is 481 g/mol. The number of carbonyl (C=O) groups is 1. The summed E-state index contributed by atoms with van der Waals surface area (Å²) in [4.78, 5) is 24.1. The van der Waals surface area contributed by atoms with Crippen LogP contribution < -0.4 is 10.1 Å². The molecule has 0 saturated heterocycles. The first kappa shape index (κ1) is 23.2. The first-order valence-electron chi connectivity index (χ1n) is 9.74. The second kappa shape index (κ2) is 9.10. The molecule has 0 amide bonds. The fourth-order valence-electron chi connectivity index (χ4n) is 3.12. The van der Waals surface area contributed by atoms with Crippen molar-refractivity contribution in [2.45, 2.75) is 6.18 Å². The van der Waals surface area contributed by atoms with E-state index in [0.717, 1.165) is 16.9 Å². The molecule has 0 bridgehead atoms. The van der Waals surface area contributed by atoms with Gasteiger partial charge in [0.15, 0.2) is 11.5 Å². The van der Waals surface area contributed by atoms with E-state index in [2.05, 4.69) is 25.4 Å². The predicted molar refractivity (Wildman–Crippen MR) is 115 cm³/mol. The number of pyridine rings is 1. The largest absolute Gasteiger partial charge is 0.480 e. The van der Waals surface area contributed by atoms with Crippen LogP contribution in [-0.4, -0.2) is 42.9 Å². The number of carboxylic acids is 1. The van der Waals surface area contributed by atoms with Crippen molar-refractivity contribution in [2.75, 3.05) is 12.4 Å². The van der Waals surface area contributed by atoms with Gasteiger partial charge in [-0.15, -0.1) is 0 Å². The van der Waals surface area contributed by atoms with E-state index in [-0.39, 0.29) is 34.3 Å². The number of methoxy groups -OCH3 is 1. The van der Waals surface area contributed by atoms with Crippen molar-refractivity contribution in [3.05, 3.63) is 71.8 Å². The average Bonchev–Trinajstić information content (AvgIpc) is 3.35. The lowest BCUT2D eigenvalue weighted by atomic mass is 10.1. The van der Waals surface area contributed by atoms with Crippen LogP contribution in [-0.2, 0) is 6.18 Å². The lowest BCUT2D eigenvalue weighted by molar-refractivity contribution is -0.141. The van der Waals surface area contributed by atoms with Crippen LogP contribution in [0.4, 0.5) is 24.8 Å². The summed E-state index contributed by atoms with van der Waals surface area (Å²) in [5, 5.41) is 25.0. The molecule has 0 radical (unpaired) electrons. The van der Waals surface area contributed by atoms with Crippen LogP contribution in [0.15, 0.2) is 55.0 Å². The smallest absolute Gasteiger partial charge is 0.435 e. The fourth-order valence-corrected chi connectivity index (χ4v) is 3.12. The molecule has 10 nitrogen and oxygen atoms in total. The minimum Gasteiger partial charge on any atom is -0.480 e. The standard InChI is InChI=1S/C22H14F3N7O3/c1-35-19-15(20(33)34)8-13(10-27-19)16-11-28-21(29-14-4-2-3-12(7-14)9-26)30-18(16)32-6-5-17(31-32)22(23,24)25/h2-8,10-11H,1H3,(H,33,34)(H,28,29,30). The summed E-state index contributed by atoms with van der Waals surface area (Å²) in [7, 11) is 1.26. The van der Waals surface area contributed by atoms with Crippen LogP contribution in [0.2, 0.25) is 0 Å². The van der Waals surface area contributed by atoms with Gasteiger partial charge in [0.05, 0.1) is 18.7 Å². The highest BCUT2D eigenvalue weighted by Gasteiger charge is 2.34. The van der Waals surface area contributed by atoms with Crippen LogP contribution in [0, 0.1) is 11.3 Å². The van der Waals surface area contributed by atoms with E-state index in [1.807, 2.05) is 6.07 Å². The number of halogens is 3. The summed E-state index contributed by atoms with van der Waals surface area (Å²) in [6.45, 7) is 0. The minimum absolute atomic E-state index is 0.00262. The molecular weight excluding hydrogens is 467 g/mol. The molecule has 0 saturated carbocycles. The van der Waals surface area contributed by atoms with E-state index in [0.29, 0.717) is 11.3 Å². The summed E-state index contributed by atoms with van der Waals surface area (Å²) in [5.74, 6) is -1.52. The van der Waals surface area contributed by atoms with Gasteiger partial charge in [-0.25, -0.2) is 19.4 Å². The first-order valence-corrected chi connectivity index (χ1v) is 9.74. The van der Waals surface area contributed by atoms with E-state index >= 15 is 0 Å². The van der Waals surface area contributed by atoms with Crippen molar-refractivity contribution < 1.29 is 27.8 Å². The van der Waals surface area contributed by atoms with Gasteiger partial charge in [0.1, 0.15) is 5.56 Å². The van der Waals surface area contributed by atoms with Gasteiger partial charge >= 0.3 is 12.1 Å². The van der Waals surface area contributed by atoms with Crippen LogP contribution in [0.25, 0.3) is 16.9 Å². The van der Waals surface area contributed by atoms with Crippen LogP contribution >= 0.6 is 0 Å². The fraction of sp³-hybridized carbons (Fsp3) is 0.0909. The molecule has 0 spiro atoms. The summed E-state index contributed by atoms with van der Waals surface area (Å²) in [6, 6.07) is 10.4. The van der Waals surface area contributed by atoms with Crippen LogP contribution in [0.3, 0.4) is 0 Å². The van der Waals surface area contributed by atoms with E-state index in [9.17, 15) is 23.1 Å². The molecule has 0 aliphatic carbocycles. The highest BCUT2D eigenvalue weighted by Crippen LogP contribution is 2.31. The van der Waals surface area contributed by atoms with Gasteiger partial charge in [0.25, 0.3) is 0 Å². The van der Waals surface area contributed by atoms with Crippen molar-refractivity contribution in [1.29, 1.82) is 5.26 Å². The molecule has 4 rings (SSSR count). The average molecular weight is 481 g/mol. The number of carboxylic acid groups (broad SMARTS) is 1. The van der Waals surface area contributed by atoms with Gasteiger partial charge in [-0.3, -0.25) is 0 Å². The van der Waals surface area contributed by atoms with Crippen molar-refractivity contribution >= 4 is 17.6 Å². The summed E-state index contributed by atoms with van der Waals surface area (Å²) < 4.78 is 45.4. The topological polar surface area (TPSA) is 139 Å². The van der Waals surface area contributed by atoms with Gasteiger partial charge in [-0.1, -0.05) is 6.07 Å². The van der Waals surface area contributed by atoms with Gasteiger partial charge in [0, 0.05) is 35.4 Å². The molecule has 0 aliphatic rings. The number of hydrogen-bond acceptors (Lipinski definition) is 8. The minimum atomic E-state index is -4.69. The molecule has 1 aromatic carbocycles. The highest BCUT2D eigenvalue weighted by molar-refractivity contribution is 5.92. The molecule has 3 aromatic heterocycles. The second-order valence-electron chi connectivity index (χ2n) is 6.98. The number of aromatic nitrogens is 5. The normalized spacial score (nSPS) is 11.1. The third-order valence-electron chi connectivity index (χ3n) is 4.70. The van der Waals surface area contributed by atoms with E-state index in [4.69, 9.17) is 10.00 Å². The molecule has 0 unspecified atom stereocenters. The quantitative estimate of drug-likeness (QED) is 0.417. The summed E-state index contributed by atoms with van der Waals surface area (Å²) in [6.07, 6.45) is -1.03. The van der Waals surface area contributed by atoms with Gasteiger partial charge in [-0.2, -0.15) is 28.5 Å². The summed E-state index contributed by atoms with van der Waals surface area (Å²) >= 11 is 0. The lowest BCUT2D eigenvalue weighted by Gasteiger charge is -2.13. The Hall–Kier alpha value is -4.99. The molecular formula is C22H14F3N7O3. The van der Waals surface area contributed by atoms with Gasteiger partial charge in [0.2, 0.25) is 11.8 Å². The number of nitriles is 1. The SMILES string of the molecule is COc1ncc(-c2cnc(Nc3cccc(C#N)c3)nc2-n2ccc(C(F)(F)F)n2)cc1C(=O)O. The van der Waals surface area contributed by atoms with Crippen molar-refractivity contribution in [2.24, 2.45) is 0 Å². The van der Waals surface area contributed by atoms with Gasteiger partial charge < -0.3 is 15.2 Å². The number of nitrogens with zero attached hydrogens (tertiary/aromatic N) is 6. The Bertz CT molecular complexity index is 1460. The van der Waals surface area contributed by atoms with Crippen LogP contribution in [0.5, 0.6) is 5.88 Å². The maximum absolute atomic E-state index is 13.2. The summed E-state index contributed by atoms with van der Waals surface area (Å²) in [5.41, 5.74) is -0.186. The molecule has 176 valence electrons. The Labute approximate surface area is 195 Å². The molecule has 35 heavy (non-hydrogen) atoms. The second-order valence-corrected chi connectivity index (χ2v) is 6.98. The van der Waals surface area contributed by atoms with E-state index in [1.54, 1.807) is 24.3 Å². The molecule has 3 heterocycles. The van der Waals surface area contributed by atoms with Gasteiger partial charge in [-0.05, 0) is 30.3 Å². The number of nitrogens with one attached hydrogen (secondary N) is 1. The molecule has 0 fully saturated rings. The molecule has 0 atom stereocenters. The number of alkyl halides is 3. The third-order valence-corrected chi connectivity index (χ3v) is 4.70. The molecule has 13 heteroatoms. The van der Waals surface area contributed by atoms with Crippen molar-refractivity contribution in [3.63, 3.8) is 0 Å². The zero-order valence-corrected chi connectivity index (χ0v) is 17.8. The van der Waals surface area contributed by atoms with E-state index in [1.165, 1.54) is 25.6 Å². The van der Waals surface area contributed by atoms with Crippen molar-refractivity contribution in [1.82, 2.24) is 24.7 Å². The maximum Gasteiger partial charge on any atom is 0.435 e. The number of hydrogen-bond donors (Lipinski definition) is 2. The number of ether oxygens (including phenoxy) is 1. The number of aromatic carboxylic acids is 1. The predicted octanol–water partition coefficient (Wildman–Crippen LogP) is 4.07. The Balaban J connectivity index is 1.85. The van der Waals surface area contributed by atoms with E-state index < -0.39 is 17.8 Å². The molecule has 2 N–H and O–H groups in total. The van der Waals surface area contributed by atoms with Crippen molar-refractivity contribution in [3.8, 4) is 28.9 Å². The lowest BCUT2D eigenvalue weighted by Crippen LogP contribution is -2.10. The number of benzene rings is 1. The zero-order valence-electron chi connectivity index (χ0n) is 17.8. The highest BCUT2D eigenvalue weighted by atomic mass is 19.4. The zero-order chi connectivity index (χ0) is 25.2. The molecule has 0 aliphatic heterocycles. The third kappa shape index (κ3) is 4.86. The Morgan fingerprint density at radius 1 is 1.20 bits per heavy atom. The number of rotatable bonds is 6. The molecule has 4 aromatic rings.